The number of carbonyl (C=O) groups is 1. The number of likely N-dealkylation sites (tertiary alicyclic amines) is 1. The number of carboxylic acids is 1. The van der Waals surface area contributed by atoms with Crippen LogP contribution in [0.15, 0.2) is 18.2 Å². The summed E-state index contributed by atoms with van der Waals surface area (Å²) in [5.74, 6) is -0.926. The molecule has 1 atom stereocenters. The molecular weight excluding hydrogens is 283 g/mol. The summed E-state index contributed by atoms with van der Waals surface area (Å²) < 4.78 is 13.6. The molecule has 4 nitrogen and oxygen atoms in total. The fraction of sp³-hybridized carbons (Fsp3) is 0.588. The van der Waals surface area contributed by atoms with Crippen LogP contribution in [0.5, 0.6) is 0 Å². The van der Waals surface area contributed by atoms with Crippen molar-refractivity contribution < 1.29 is 14.3 Å². The van der Waals surface area contributed by atoms with Crippen LogP contribution in [-0.2, 0) is 11.3 Å². The van der Waals surface area contributed by atoms with Crippen LogP contribution >= 0.6 is 0 Å². The molecule has 1 aromatic carbocycles. The number of aryl methyl sites for hydroxylation is 1. The predicted octanol–water partition coefficient (Wildman–Crippen LogP) is 2.51. The Kier molecular flexibility index (Phi) is 5.91. The summed E-state index contributed by atoms with van der Waals surface area (Å²) in [5, 5.41) is 8.89. The monoisotopic (exact) mass is 308 g/mol. The number of likely N-dealkylation sites (N-methyl/N-ethyl adjacent to an activating group) is 1. The minimum Gasteiger partial charge on any atom is -0.480 e. The Hall–Kier alpha value is -1.46. The van der Waals surface area contributed by atoms with E-state index in [-0.39, 0.29) is 12.4 Å². The Morgan fingerprint density at radius 3 is 2.86 bits per heavy atom. The highest BCUT2D eigenvalue weighted by atomic mass is 19.1. The van der Waals surface area contributed by atoms with Gasteiger partial charge in [-0.15, -0.1) is 0 Å². The van der Waals surface area contributed by atoms with E-state index in [2.05, 4.69) is 4.90 Å². The highest BCUT2D eigenvalue weighted by Crippen LogP contribution is 2.18. The fourth-order valence-electron chi connectivity index (χ4n) is 3.07. The smallest absolute Gasteiger partial charge is 0.317 e. The first-order valence-electron chi connectivity index (χ1n) is 7.85. The third kappa shape index (κ3) is 4.78. The van der Waals surface area contributed by atoms with Crippen LogP contribution in [0.1, 0.15) is 30.4 Å². The largest absolute Gasteiger partial charge is 0.480 e. The van der Waals surface area contributed by atoms with Crippen LogP contribution in [0.25, 0.3) is 0 Å². The molecule has 0 aliphatic carbocycles. The van der Waals surface area contributed by atoms with Gasteiger partial charge in [0, 0.05) is 12.6 Å². The highest BCUT2D eigenvalue weighted by Gasteiger charge is 2.21. The molecule has 122 valence electrons. The summed E-state index contributed by atoms with van der Waals surface area (Å²) in [7, 11) is 1.88. The number of benzene rings is 1. The second-order valence-corrected chi connectivity index (χ2v) is 6.25. The quantitative estimate of drug-likeness (QED) is 0.908. The van der Waals surface area contributed by atoms with Gasteiger partial charge in [-0.1, -0.05) is 12.1 Å². The molecule has 0 saturated carbocycles. The molecule has 1 fully saturated rings. The zero-order chi connectivity index (χ0) is 16.1. The van der Waals surface area contributed by atoms with Crippen molar-refractivity contribution in [2.24, 2.45) is 0 Å². The summed E-state index contributed by atoms with van der Waals surface area (Å²) in [4.78, 5) is 15.1. The van der Waals surface area contributed by atoms with E-state index in [0.717, 1.165) is 44.5 Å². The maximum Gasteiger partial charge on any atom is 0.317 e. The van der Waals surface area contributed by atoms with E-state index < -0.39 is 5.97 Å². The topological polar surface area (TPSA) is 43.8 Å². The molecule has 1 saturated heterocycles. The van der Waals surface area contributed by atoms with E-state index in [1.807, 2.05) is 24.1 Å². The first kappa shape index (κ1) is 16.9. The average Bonchev–Trinajstić information content (AvgIpc) is 2.68. The molecule has 1 unspecified atom stereocenters. The Bertz CT molecular complexity index is 521. The standard InChI is InChI=1S/C17H25FN2O2/c1-13-5-6-14(10-16(13)18)11-20-8-3-4-15(7-9-20)19(2)12-17(21)22/h5-6,10,15H,3-4,7-9,11-12H2,1-2H3,(H,21,22). The van der Waals surface area contributed by atoms with Gasteiger partial charge in [0.25, 0.3) is 0 Å². The molecule has 0 aromatic heterocycles. The normalized spacial score (nSPS) is 20.1. The van der Waals surface area contributed by atoms with Crippen molar-refractivity contribution in [1.82, 2.24) is 9.80 Å². The second kappa shape index (κ2) is 7.70. The molecule has 22 heavy (non-hydrogen) atoms. The number of rotatable bonds is 5. The molecular formula is C17H25FN2O2. The number of halogens is 1. The second-order valence-electron chi connectivity index (χ2n) is 6.25. The third-order valence-electron chi connectivity index (χ3n) is 4.44. The van der Waals surface area contributed by atoms with Crippen LogP contribution in [0.2, 0.25) is 0 Å². The Labute approximate surface area is 131 Å². The molecule has 5 heteroatoms. The predicted molar refractivity (Wildman–Crippen MR) is 84.3 cm³/mol. The molecule has 1 N–H and O–H groups in total. The fourth-order valence-corrected chi connectivity index (χ4v) is 3.07. The number of hydrogen-bond donors (Lipinski definition) is 1. The maximum atomic E-state index is 13.6. The van der Waals surface area contributed by atoms with E-state index in [1.54, 1.807) is 13.0 Å². The van der Waals surface area contributed by atoms with Gasteiger partial charge in [-0.3, -0.25) is 14.6 Å². The van der Waals surface area contributed by atoms with Crippen molar-refractivity contribution in [2.75, 3.05) is 26.7 Å². The van der Waals surface area contributed by atoms with E-state index >= 15 is 0 Å². The lowest BCUT2D eigenvalue weighted by atomic mass is 10.1. The van der Waals surface area contributed by atoms with Crippen molar-refractivity contribution in [2.45, 2.75) is 38.8 Å². The van der Waals surface area contributed by atoms with Crippen molar-refractivity contribution in [3.8, 4) is 0 Å². The SMILES string of the molecule is Cc1ccc(CN2CCCC(N(C)CC(=O)O)CC2)cc1F. The lowest BCUT2D eigenvalue weighted by Crippen LogP contribution is -2.36. The highest BCUT2D eigenvalue weighted by molar-refractivity contribution is 5.69. The van der Waals surface area contributed by atoms with Gasteiger partial charge in [-0.25, -0.2) is 4.39 Å². The molecule has 0 spiro atoms. The molecule has 0 radical (unpaired) electrons. The van der Waals surface area contributed by atoms with Gasteiger partial charge >= 0.3 is 5.97 Å². The summed E-state index contributed by atoms with van der Waals surface area (Å²) in [5.41, 5.74) is 1.68. The number of carboxylic acid groups (broad SMARTS) is 1. The van der Waals surface area contributed by atoms with E-state index in [1.165, 1.54) is 0 Å². The van der Waals surface area contributed by atoms with Crippen LogP contribution in [0, 0.1) is 12.7 Å². The van der Waals surface area contributed by atoms with Gasteiger partial charge in [0.05, 0.1) is 6.54 Å². The van der Waals surface area contributed by atoms with Gasteiger partial charge in [-0.2, -0.15) is 0 Å². The van der Waals surface area contributed by atoms with Crippen molar-refractivity contribution in [1.29, 1.82) is 0 Å². The maximum absolute atomic E-state index is 13.6. The van der Waals surface area contributed by atoms with Crippen molar-refractivity contribution in [3.05, 3.63) is 35.1 Å². The van der Waals surface area contributed by atoms with Gasteiger partial charge in [0.1, 0.15) is 5.82 Å². The van der Waals surface area contributed by atoms with Gasteiger partial charge in [0.2, 0.25) is 0 Å². The molecule has 1 aromatic rings. The third-order valence-corrected chi connectivity index (χ3v) is 4.44. The van der Waals surface area contributed by atoms with Crippen LogP contribution < -0.4 is 0 Å². The van der Waals surface area contributed by atoms with E-state index in [4.69, 9.17) is 5.11 Å². The Morgan fingerprint density at radius 1 is 1.41 bits per heavy atom. The minimum atomic E-state index is -0.779. The summed E-state index contributed by atoms with van der Waals surface area (Å²) in [6.45, 7) is 4.52. The first-order chi connectivity index (χ1) is 10.5. The van der Waals surface area contributed by atoms with E-state index in [9.17, 15) is 9.18 Å². The van der Waals surface area contributed by atoms with E-state index in [0.29, 0.717) is 11.6 Å². The van der Waals surface area contributed by atoms with Crippen LogP contribution in [0.3, 0.4) is 0 Å². The van der Waals surface area contributed by atoms with Crippen molar-refractivity contribution in [3.63, 3.8) is 0 Å². The summed E-state index contributed by atoms with van der Waals surface area (Å²) in [6, 6.07) is 5.74. The number of nitrogens with zero attached hydrogens (tertiary/aromatic N) is 2. The number of hydrogen-bond acceptors (Lipinski definition) is 3. The zero-order valence-electron chi connectivity index (χ0n) is 13.4. The van der Waals surface area contributed by atoms with Crippen LogP contribution in [0.4, 0.5) is 4.39 Å². The minimum absolute atomic E-state index is 0.0911. The number of aliphatic carboxylic acids is 1. The molecule has 1 aliphatic rings. The van der Waals surface area contributed by atoms with Gasteiger partial charge in [0.15, 0.2) is 0 Å². The molecule has 2 rings (SSSR count). The summed E-state index contributed by atoms with van der Waals surface area (Å²) >= 11 is 0. The Balaban J connectivity index is 1.89. The molecule has 0 bridgehead atoms. The van der Waals surface area contributed by atoms with Crippen LogP contribution in [-0.4, -0.2) is 53.6 Å². The Morgan fingerprint density at radius 2 is 2.18 bits per heavy atom. The molecule has 0 amide bonds. The van der Waals surface area contributed by atoms with Crippen molar-refractivity contribution >= 4 is 5.97 Å². The zero-order valence-corrected chi connectivity index (χ0v) is 13.4. The molecule has 1 heterocycles. The summed E-state index contributed by atoms with van der Waals surface area (Å²) in [6.07, 6.45) is 3.02. The van der Waals surface area contributed by atoms with Gasteiger partial charge < -0.3 is 5.11 Å². The lowest BCUT2D eigenvalue weighted by Gasteiger charge is -2.25. The first-order valence-corrected chi connectivity index (χ1v) is 7.85. The lowest BCUT2D eigenvalue weighted by molar-refractivity contribution is -0.138. The molecule has 1 aliphatic heterocycles. The average molecular weight is 308 g/mol. The van der Waals surface area contributed by atoms with Gasteiger partial charge in [-0.05, 0) is 63.5 Å².